The molecule has 4 rings (SSSR count). The maximum absolute atomic E-state index is 12.9. The number of nitrogens with zero attached hydrogens (tertiary/aromatic N) is 1. The van der Waals surface area contributed by atoms with E-state index in [-0.39, 0.29) is 17.9 Å². The number of halogens is 1. The fourth-order valence-electron chi connectivity index (χ4n) is 3.69. The summed E-state index contributed by atoms with van der Waals surface area (Å²) in [5.74, 6) is 0.616. The summed E-state index contributed by atoms with van der Waals surface area (Å²) in [6, 6.07) is 8.63. The zero-order valence-corrected chi connectivity index (χ0v) is 17.5. The van der Waals surface area contributed by atoms with E-state index in [2.05, 4.69) is 4.72 Å². The highest BCUT2D eigenvalue weighted by Crippen LogP contribution is 2.31. The number of sulfonamides is 1. The fraction of sp³-hybridized carbons (Fsp3) is 0.421. The number of rotatable bonds is 4. The normalized spacial score (nSPS) is 20.5. The van der Waals surface area contributed by atoms with E-state index in [1.165, 1.54) is 11.3 Å². The lowest BCUT2D eigenvalue weighted by atomic mass is 9.94. The molecule has 1 aromatic heterocycles. The lowest BCUT2D eigenvalue weighted by molar-refractivity contribution is -0.138. The lowest BCUT2D eigenvalue weighted by Gasteiger charge is -2.35. The van der Waals surface area contributed by atoms with Crippen molar-refractivity contribution in [2.75, 3.05) is 19.7 Å². The molecule has 0 aliphatic carbocycles. The predicted octanol–water partition coefficient (Wildman–Crippen LogP) is 2.92. The number of hydrogen-bond donors (Lipinski definition) is 1. The lowest BCUT2D eigenvalue weighted by Crippen LogP contribution is -2.49. The Hall–Kier alpha value is -1.61. The maximum atomic E-state index is 12.9. The summed E-state index contributed by atoms with van der Waals surface area (Å²) in [5.41, 5.74) is 0.954. The second kappa shape index (κ2) is 8.02. The van der Waals surface area contributed by atoms with Gasteiger partial charge in [0.15, 0.2) is 0 Å². The summed E-state index contributed by atoms with van der Waals surface area (Å²) >= 11 is 7.25. The SMILES string of the molecule is O=C(C1COc2ccc(Cl)cc2C1)N1CCC(NS(=O)(=O)c2cccs2)CC1. The third-order valence-electron chi connectivity index (χ3n) is 5.17. The van der Waals surface area contributed by atoms with Crippen LogP contribution in [0.5, 0.6) is 5.75 Å². The summed E-state index contributed by atoms with van der Waals surface area (Å²) in [6.07, 6.45) is 1.82. The molecular formula is C19H21ClN2O4S2. The van der Waals surface area contributed by atoms with Crippen LogP contribution in [0.4, 0.5) is 0 Å². The van der Waals surface area contributed by atoms with Gasteiger partial charge in [-0.25, -0.2) is 13.1 Å². The molecule has 1 amide bonds. The number of hydrogen-bond acceptors (Lipinski definition) is 5. The van der Waals surface area contributed by atoms with Crippen LogP contribution in [-0.2, 0) is 21.2 Å². The van der Waals surface area contributed by atoms with Gasteiger partial charge < -0.3 is 9.64 Å². The minimum atomic E-state index is -3.48. The third kappa shape index (κ3) is 4.20. The minimum absolute atomic E-state index is 0.0604. The van der Waals surface area contributed by atoms with Gasteiger partial charge in [0, 0.05) is 24.2 Å². The quantitative estimate of drug-likeness (QED) is 0.793. The molecule has 6 nitrogen and oxygen atoms in total. The molecule has 3 heterocycles. The standard InChI is InChI=1S/C19H21ClN2O4S2/c20-15-3-4-17-13(11-15)10-14(12-26-17)19(23)22-7-5-16(6-8-22)21-28(24,25)18-2-1-9-27-18/h1-4,9,11,14,16,21H,5-8,10,12H2. The van der Waals surface area contributed by atoms with E-state index in [0.29, 0.717) is 48.2 Å². The highest BCUT2D eigenvalue weighted by molar-refractivity contribution is 7.91. The summed E-state index contributed by atoms with van der Waals surface area (Å²) in [7, 11) is -3.48. The molecule has 0 saturated carbocycles. The Morgan fingerprint density at radius 3 is 2.75 bits per heavy atom. The summed E-state index contributed by atoms with van der Waals surface area (Å²) < 4.78 is 33.5. The number of amides is 1. The van der Waals surface area contributed by atoms with Crippen LogP contribution in [0.1, 0.15) is 18.4 Å². The largest absolute Gasteiger partial charge is 0.492 e. The van der Waals surface area contributed by atoms with Crippen molar-refractivity contribution in [3.8, 4) is 5.75 Å². The molecule has 1 unspecified atom stereocenters. The third-order valence-corrected chi connectivity index (χ3v) is 8.32. The Bertz CT molecular complexity index is 954. The van der Waals surface area contributed by atoms with E-state index in [1.807, 2.05) is 17.0 Å². The first kappa shape index (κ1) is 19.7. The van der Waals surface area contributed by atoms with Gasteiger partial charge >= 0.3 is 0 Å². The Morgan fingerprint density at radius 1 is 1.25 bits per heavy atom. The molecule has 0 radical (unpaired) electrons. The molecule has 1 fully saturated rings. The van der Waals surface area contributed by atoms with Crippen LogP contribution in [0.3, 0.4) is 0 Å². The first-order chi connectivity index (χ1) is 13.4. The van der Waals surface area contributed by atoms with Gasteiger partial charge in [0.2, 0.25) is 15.9 Å². The van der Waals surface area contributed by atoms with E-state index < -0.39 is 10.0 Å². The number of likely N-dealkylation sites (tertiary alicyclic amines) is 1. The second-order valence-electron chi connectivity index (χ2n) is 7.12. The second-order valence-corrected chi connectivity index (χ2v) is 10.4. The first-order valence-corrected chi connectivity index (χ1v) is 11.9. The van der Waals surface area contributed by atoms with Crippen LogP contribution >= 0.6 is 22.9 Å². The van der Waals surface area contributed by atoms with Gasteiger partial charge in [0.05, 0.1) is 5.92 Å². The molecule has 28 heavy (non-hydrogen) atoms. The number of carbonyl (C=O) groups excluding carboxylic acids is 1. The molecule has 2 aromatic rings. The molecular weight excluding hydrogens is 420 g/mol. The number of carbonyl (C=O) groups is 1. The van der Waals surface area contributed by atoms with Crippen molar-refractivity contribution in [2.24, 2.45) is 5.92 Å². The first-order valence-electron chi connectivity index (χ1n) is 9.18. The zero-order valence-electron chi connectivity index (χ0n) is 15.1. The van der Waals surface area contributed by atoms with Crippen molar-refractivity contribution in [3.05, 3.63) is 46.3 Å². The molecule has 2 aliphatic rings. The van der Waals surface area contributed by atoms with Crippen molar-refractivity contribution in [1.82, 2.24) is 9.62 Å². The molecule has 1 aromatic carbocycles. The average molecular weight is 441 g/mol. The highest BCUT2D eigenvalue weighted by atomic mass is 35.5. The minimum Gasteiger partial charge on any atom is -0.492 e. The molecule has 1 saturated heterocycles. The van der Waals surface area contributed by atoms with Gasteiger partial charge in [-0.15, -0.1) is 11.3 Å². The average Bonchev–Trinajstić information content (AvgIpc) is 3.23. The van der Waals surface area contributed by atoms with Crippen LogP contribution < -0.4 is 9.46 Å². The summed E-state index contributed by atoms with van der Waals surface area (Å²) in [4.78, 5) is 14.7. The number of fused-ring (bicyclic) bond motifs is 1. The predicted molar refractivity (Wildman–Crippen MR) is 108 cm³/mol. The number of thiophene rings is 1. The Kier molecular flexibility index (Phi) is 5.64. The van der Waals surface area contributed by atoms with Crippen molar-refractivity contribution in [3.63, 3.8) is 0 Å². The van der Waals surface area contributed by atoms with Gasteiger partial charge in [-0.3, -0.25) is 4.79 Å². The van der Waals surface area contributed by atoms with Crippen molar-refractivity contribution < 1.29 is 17.9 Å². The van der Waals surface area contributed by atoms with E-state index in [1.54, 1.807) is 23.6 Å². The van der Waals surface area contributed by atoms with E-state index in [9.17, 15) is 13.2 Å². The summed E-state index contributed by atoms with van der Waals surface area (Å²) in [6.45, 7) is 1.43. The molecule has 2 aliphatic heterocycles. The van der Waals surface area contributed by atoms with Gasteiger partial charge in [-0.2, -0.15) is 0 Å². The Labute approximate surface area is 173 Å². The Balaban J connectivity index is 1.33. The van der Waals surface area contributed by atoms with Crippen LogP contribution in [-0.4, -0.2) is 45.0 Å². The molecule has 0 spiro atoms. The topological polar surface area (TPSA) is 75.7 Å². The van der Waals surface area contributed by atoms with Gasteiger partial charge in [-0.05, 0) is 54.5 Å². The van der Waals surface area contributed by atoms with Crippen LogP contribution in [0.2, 0.25) is 5.02 Å². The van der Waals surface area contributed by atoms with Crippen LogP contribution in [0.15, 0.2) is 39.9 Å². The number of piperidine rings is 1. The van der Waals surface area contributed by atoms with Gasteiger partial charge in [0.1, 0.15) is 16.6 Å². The van der Waals surface area contributed by atoms with E-state index in [0.717, 1.165) is 11.3 Å². The fourth-order valence-corrected chi connectivity index (χ4v) is 6.20. The summed E-state index contributed by atoms with van der Waals surface area (Å²) in [5, 5.41) is 2.38. The monoisotopic (exact) mass is 440 g/mol. The smallest absolute Gasteiger partial charge is 0.250 e. The van der Waals surface area contributed by atoms with Crippen molar-refractivity contribution in [2.45, 2.75) is 29.5 Å². The number of benzene rings is 1. The van der Waals surface area contributed by atoms with E-state index >= 15 is 0 Å². The van der Waals surface area contributed by atoms with E-state index in [4.69, 9.17) is 16.3 Å². The van der Waals surface area contributed by atoms with Crippen LogP contribution in [0.25, 0.3) is 0 Å². The van der Waals surface area contributed by atoms with Gasteiger partial charge in [-0.1, -0.05) is 17.7 Å². The van der Waals surface area contributed by atoms with Crippen molar-refractivity contribution in [1.29, 1.82) is 0 Å². The number of nitrogens with one attached hydrogen (secondary N) is 1. The molecule has 0 bridgehead atoms. The highest BCUT2D eigenvalue weighted by Gasteiger charge is 2.33. The molecule has 1 N–H and O–H groups in total. The molecule has 1 atom stereocenters. The number of ether oxygens (including phenoxy) is 1. The van der Waals surface area contributed by atoms with Crippen molar-refractivity contribution >= 4 is 38.9 Å². The van der Waals surface area contributed by atoms with Gasteiger partial charge in [0.25, 0.3) is 0 Å². The maximum Gasteiger partial charge on any atom is 0.250 e. The zero-order chi connectivity index (χ0) is 19.7. The Morgan fingerprint density at radius 2 is 2.04 bits per heavy atom. The molecule has 9 heteroatoms. The van der Waals surface area contributed by atoms with Crippen LogP contribution in [0, 0.1) is 5.92 Å². The molecule has 150 valence electrons.